The molecule has 4 rings (SSSR count). The number of rotatable bonds is 4. The molecular weight excluding hydrogens is 322 g/mol. The minimum absolute atomic E-state index is 0.0833. The van der Waals surface area contributed by atoms with Crippen LogP contribution in [0.1, 0.15) is 31.1 Å². The number of thiophene rings is 1. The Morgan fingerprint density at radius 2 is 2.04 bits per heavy atom. The van der Waals surface area contributed by atoms with E-state index in [1.165, 1.54) is 5.56 Å². The van der Waals surface area contributed by atoms with Gasteiger partial charge >= 0.3 is 0 Å². The van der Waals surface area contributed by atoms with Gasteiger partial charge < -0.3 is 20.3 Å². The van der Waals surface area contributed by atoms with E-state index in [1.807, 2.05) is 18.7 Å². The molecule has 1 amide bonds. The molecule has 0 saturated heterocycles. The van der Waals surface area contributed by atoms with Crippen molar-refractivity contribution in [2.75, 3.05) is 35.8 Å². The van der Waals surface area contributed by atoms with Gasteiger partial charge in [0.25, 0.3) is 0 Å². The number of anilines is 3. The van der Waals surface area contributed by atoms with Gasteiger partial charge in [0.15, 0.2) is 0 Å². The van der Waals surface area contributed by atoms with E-state index in [9.17, 15) is 4.79 Å². The topological polar surface area (TPSA) is 53.6 Å². The number of ether oxygens (including phenoxy) is 1. The maximum Gasteiger partial charge on any atom is 0.237 e. The standard InChI is InChI=1S/C18H21N3O2S/c1-18(2)12-8-13-14(20-16(19-13)11-4-7-24-10-11)9-15(12)21(17(18)22)5-6-23-3/h4,7-10,16,19-20H,5-6H2,1-3H3. The first-order chi connectivity index (χ1) is 11.5. The minimum atomic E-state index is -0.514. The normalized spacial score (nSPS) is 20.5. The van der Waals surface area contributed by atoms with Gasteiger partial charge in [0.05, 0.1) is 29.1 Å². The van der Waals surface area contributed by atoms with Crippen molar-refractivity contribution in [1.82, 2.24) is 0 Å². The Morgan fingerprint density at radius 1 is 1.29 bits per heavy atom. The Balaban J connectivity index is 1.71. The molecule has 2 aliphatic rings. The highest BCUT2D eigenvalue weighted by Crippen LogP contribution is 2.48. The van der Waals surface area contributed by atoms with Crippen LogP contribution in [-0.4, -0.2) is 26.2 Å². The molecule has 0 fully saturated rings. The van der Waals surface area contributed by atoms with Crippen molar-refractivity contribution in [3.05, 3.63) is 40.1 Å². The van der Waals surface area contributed by atoms with Crippen molar-refractivity contribution in [2.45, 2.75) is 25.4 Å². The summed E-state index contributed by atoms with van der Waals surface area (Å²) < 4.78 is 5.17. The van der Waals surface area contributed by atoms with Crippen LogP contribution in [0.15, 0.2) is 29.0 Å². The van der Waals surface area contributed by atoms with Crippen LogP contribution in [0.4, 0.5) is 17.1 Å². The van der Waals surface area contributed by atoms with E-state index in [-0.39, 0.29) is 12.1 Å². The zero-order valence-corrected chi connectivity index (χ0v) is 14.9. The van der Waals surface area contributed by atoms with Crippen molar-refractivity contribution < 1.29 is 9.53 Å². The minimum Gasteiger partial charge on any atom is -0.383 e. The molecule has 1 aromatic heterocycles. The van der Waals surface area contributed by atoms with E-state index >= 15 is 0 Å². The fourth-order valence-corrected chi connectivity index (χ4v) is 4.16. The van der Waals surface area contributed by atoms with E-state index in [0.717, 1.165) is 22.6 Å². The number of carbonyl (C=O) groups excluding carboxylic acids is 1. The third-order valence-corrected chi connectivity index (χ3v) is 5.58. The summed E-state index contributed by atoms with van der Waals surface area (Å²) in [5.74, 6) is 0.132. The maximum atomic E-state index is 12.8. The Morgan fingerprint density at radius 3 is 2.71 bits per heavy atom. The molecule has 24 heavy (non-hydrogen) atoms. The molecule has 6 heteroatoms. The number of carbonyl (C=O) groups is 1. The van der Waals surface area contributed by atoms with Gasteiger partial charge in [-0.1, -0.05) is 0 Å². The molecule has 1 unspecified atom stereocenters. The summed E-state index contributed by atoms with van der Waals surface area (Å²) >= 11 is 1.69. The Kier molecular flexibility index (Phi) is 3.54. The summed E-state index contributed by atoms with van der Waals surface area (Å²) in [4.78, 5) is 14.6. The third kappa shape index (κ3) is 2.21. The number of hydrogen-bond donors (Lipinski definition) is 2. The Labute approximate surface area is 145 Å². The second-order valence-electron chi connectivity index (χ2n) is 6.77. The first-order valence-corrected chi connectivity index (χ1v) is 9.01. The molecule has 126 valence electrons. The van der Waals surface area contributed by atoms with Gasteiger partial charge in [0.1, 0.15) is 6.17 Å². The number of nitrogens with one attached hydrogen (secondary N) is 2. The molecule has 2 N–H and O–H groups in total. The largest absolute Gasteiger partial charge is 0.383 e. The average molecular weight is 343 g/mol. The van der Waals surface area contributed by atoms with Crippen LogP contribution < -0.4 is 15.5 Å². The van der Waals surface area contributed by atoms with Crippen molar-refractivity contribution in [2.24, 2.45) is 0 Å². The van der Waals surface area contributed by atoms with E-state index in [2.05, 4.69) is 39.6 Å². The summed E-state index contributed by atoms with van der Waals surface area (Å²) in [7, 11) is 1.66. The lowest BCUT2D eigenvalue weighted by atomic mass is 9.86. The zero-order chi connectivity index (χ0) is 16.9. The number of benzene rings is 1. The van der Waals surface area contributed by atoms with Crippen LogP contribution in [0.2, 0.25) is 0 Å². The molecule has 5 nitrogen and oxygen atoms in total. The van der Waals surface area contributed by atoms with Crippen LogP contribution >= 0.6 is 11.3 Å². The predicted molar refractivity (Wildman–Crippen MR) is 98.0 cm³/mol. The number of nitrogens with zero attached hydrogens (tertiary/aromatic N) is 1. The predicted octanol–water partition coefficient (Wildman–Crippen LogP) is 3.55. The molecule has 1 atom stereocenters. The maximum absolute atomic E-state index is 12.8. The van der Waals surface area contributed by atoms with Gasteiger partial charge in [-0.05, 0) is 48.4 Å². The van der Waals surface area contributed by atoms with Gasteiger partial charge in [-0.2, -0.15) is 11.3 Å². The van der Waals surface area contributed by atoms with Crippen molar-refractivity contribution in [3.63, 3.8) is 0 Å². The van der Waals surface area contributed by atoms with Gasteiger partial charge in [-0.25, -0.2) is 0 Å². The summed E-state index contributed by atoms with van der Waals surface area (Å²) in [6, 6.07) is 6.33. The summed E-state index contributed by atoms with van der Waals surface area (Å²) in [6.45, 7) is 5.09. The van der Waals surface area contributed by atoms with Gasteiger partial charge in [0.2, 0.25) is 5.91 Å². The van der Waals surface area contributed by atoms with Crippen LogP contribution in [0.25, 0.3) is 0 Å². The molecular formula is C18H21N3O2S. The first kappa shape index (κ1) is 15.5. The molecule has 2 aliphatic heterocycles. The van der Waals surface area contributed by atoms with E-state index < -0.39 is 5.41 Å². The second-order valence-corrected chi connectivity index (χ2v) is 7.55. The lowest BCUT2D eigenvalue weighted by molar-refractivity contribution is -0.122. The second kappa shape index (κ2) is 5.50. The average Bonchev–Trinajstić information content (AvgIpc) is 3.25. The molecule has 3 heterocycles. The SMILES string of the molecule is COCCN1C(=O)C(C)(C)c2cc3c(cc21)NC(c1ccsc1)N3. The quantitative estimate of drug-likeness (QED) is 0.891. The summed E-state index contributed by atoms with van der Waals surface area (Å²) in [5.41, 5.74) is 4.86. The third-order valence-electron chi connectivity index (χ3n) is 4.88. The Hall–Kier alpha value is -2.05. The van der Waals surface area contributed by atoms with Gasteiger partial charge in [0, 0.05) is 19.2 Å². The van der Waals surface area contributed by atoms with Crippen LogP contribution in [0.3, 0.4) is 0 Å². The summed E-state index contributed by atoms with van der Waals surface area (Å²) in [5, 5.41) is 11.3. The van der Waals surface area contributed by atoms with Crippen LogP contribution in [-0.2, 0) is 14.9 Å². The smallest absolute Gasteiger partial charge is 0.237 e. The molecule has 0 spiro atoms. The zero-order valence-electron chi connectivity index (χ0n) is 14.1. The lowest BCUT2D eigenvalue weighted by Crippen LogP contribution is -2.38. The van der Waals surface area contributed by atoms with Crippen molar-refractivity contribution >= 4 is 34.3 Å². The van der Waals surface area contributed by atoms with E-state index in [1.54, 1.807) is 18.4 Å². The van der Waals surface area contributed by atoms with Crippen molar-refractivity contribution in [1.29, 1.82) is 0 Å². The molecule has 0 aliphatic carbocycles. The fourth-order valence-electron chi connectivity index (χ4n) is 3.47. The number of fused-ring (bicyclic) bond motifs is 2. The van der Waals surface area contributed by atoms with Crippen LogP contribution in [0.5, 0.6) is 0 Å². The number of hydrogen-bond acceptors (Lipinski definition) is 5. The first-order valence-electron chi connectivity index (χ1n) is 8.07. The number of amides is 1. The van der Waals surface area contributed by atoms with E-state index in [0.29, 0.717) is 13.2 Å². The lowest BCUT2D eigenvalue weighted by Gasteiger charge is -2.20. The molecule has 0 saturated carbocycles. The summed E-state index contributed by atoms with van der Waals surface area (Å²) in [6.07, 6.45) is 0.0833. The van der Waals surface area contributed by atoms with Crippen LogP contribution in [0, 0.1) is 0 Å². The molecule has 2 aromatic rings. The monoisotopic (exact) mass is 343 g/mol. The highest BCUT2D eigenvalue weighted by Gasteiger charge is 2.44. The van der Waals surface area contributed by atoms with Crippen molar-refractivity contribution in [3.8, 4) is 0 Å². The van der Waals surface area contributed by atoms with Gasteiger partial charge in [-0.3, -0.25) is 4.79 Å². The van der Waals surface area contributed by atoms with Gasteiger partial charge in [-0.15, -0.1) is 0 Å². The highest BCUT2D eigenvalue weighted by molar-refractivity contribution is 7.08. The molecule has 0 bridgehead atoms. The molecule has 0 radical (unpaired) electrons. The highest BCUT2D eigenvalue weighted by atomic mass is 32.1. The molecule has 1 aromatic carbocycles. The fraction of sp³-hybridized carbons (Fsp3) is 0.389. The van der Waals surface area contributed by atoms with E-state index in [4.69, 9.17) is 4.74 Å². The number of methoxy groups -OCH3 is 1. The Bertz CT molecular complexity index is 786.